The predicted molar refractivity (Wildman–Crippen MR) is 95.6 cm³/mol. The Morgan fingerprint density at radius 2 is 1.91 bits per heavy atom. The molecule has 0 aliphatic heterocycles. The standard InChI is InChI=1S/C16H19N3O2.2ClH/c1-12-4-6-13(7-5-12)11-21-14-3-2-9-18-15(14)16(20)19-10-8-17;;/h2-7,9H,8,10-11,17H2,1H3,(H,19,20);2*1H. The van der Waals surface area contributed by atoms with Gasteiger partial charge in [0.25, 0.3) is 5.91 Å². The van der Waals surface area contributed by atoms with E-state index in [2.05, 4.69) is 10.3 Å². The van der Waals surface area contributed by atoms with Crippen molar-refractivity contribution in [3.05, 3.63) is 59.4 Å². The summed E-state index contributed by atoms with van der Waals surface area (Å²) in [6, 6.07) is 11.5. The first-order valence-electron chi connectivity index (χ1n) is 6.82. The SMILES string of the molecule is Cc1ccc(COc2cccnc2C(=O)NCCN)cc1.Cl.Cl. The van der Waals surface area contributed by atoms with E-state index in [4.69, 9.17) is 10.5 Å². The normalized spacial score (nSPS) is 9.30. The van der Waals surface area contributed by atoms with Crippen molar-refractivity contribution in [3.8, 4) is 5.75 Å². The van der Waals surface area contributed by atoms with E-state index in [1.165, 1.54) is 5.56 Å². The Bertz CT molecular complexity index is 607. The number of hydrogen-bond acceptors (Lipinski definition) is 4. The van der Waals surface area contributed by atoms with Gasteiger partial charge in [0.15, 0.2) is 11.4 Å². The van der Waals surface area contributed by atoms with Crippen LogP contribution in [0, 0.1) is 6.92 Å². The maximum atomic E-state index is 12.0. The monoisotopic (exact) mass is 357 g/mol. The number of aryl methyl sites for hydroxylation is 1. The third kappa shape index (κ3) is 6.44. The van der Waals surface area contributed by atoms with Crippen molar-refractivity contribution in [1.29, 1.82) is 0 Å². The topological polar surface area (TPSA) is 77.2 Å². The molecule has 0 saturated carbocycles. The Labute approximate surface area is 148 Å². The third-order valence-electron chi connectivity index (χ3n) is 2.93. The van der Waals surface area contributed by atoms with Gasteiger partial charge >= 0.3 is 0 Å². The van der Waals surface area contributed by atoms with E-state index in [1.54, 1.807) is 18.3 Å². The average Bonchev–Trinajstić information content (AvgIpc) is 2.52. The van der Waals surface area contributed by atoms with Crippen LogP contribution in [0.2, 0.25) is 0 Å². The molecular weight excluding hydrogens is 337 g/mol. The molecule has 0 bridgehead atoms. The van der Waals surface area contributed by atoms with Crippen molar-refractivity contribution < 1.29 is 9.53 Å². The van der Waals surface area contributed by atoms with Crippen LogP contribution in [-0.4, -0.2) is 24.0 Å². The van der Waals surface area contributed by atoms with Gasteiger partial charge in [-0.2, -0.15) is 0 Å². The summed E-state index contributed by atoms with van der Waals surface area (Å²) in [5, 5.41) is 2.69. The Balaban J connectivity index is 0.00000242. The number of aromatic nitrogens is 1. The van der Waals surface area contributed by atoms with Crippen molar-refractivity contribution in [2.75, 3.05) is 13.1 Å². The zero-order valence-electron chi connectivity index (χ0n) is 12.8. The minimum absolute atomic E-state index is 0. The highest BCUT2D eigenvalue weighted by Crippen LogP contribution is 2.17. The molecule has 1 amide bonds. The summed E-state index contributed by atoms with van der Waals surface area (Å²) in [5.74, 6) is 0.188. The van der Waals surface area contributed by atoms with Crippen LogP contribution >= 0.6 is 24.8 Å². The fourth-order valence-corrected chi connectivity index (χ4v) is 1.79. The summed E-state index contributed by atoms with van der Waals surface area (Å²) >= 11 is 0. The van der Waals surface area contributed by atoms with Gasteiger partial charge in [0, 0.05) is 19.3 Å². The Kier molecular flexibility index (Phi) is 9.97. The van der Waals surface area contributed by atoms with Gasteiger partial charge in [0.05, 0.1) is 0 Å². The predicted octanol–water partition coefficient (Wildman–Crippen LogP) is 2.50. The highest BCUT2D eigenvalue weighted by atomic mass is 35.5. The molecule has 0 radical (unpaired) electrons. The lowest BCUT2D eigenvalue weighted by molar-refractivity contribution is 0.0944. The third-order valence-corrected chi connectivity index (χ3v) is 2.93. The molecule has 2 rings (SSSR count). The maximum absolute atomic E-state index is 12.0. The number of rotatable bonds is 6. The van der Waals surface area contributed by atoms with Crippen LogP contribution < -0.4 is 15.8 Å². The zero-order chi connectivity index (χ0) is 15.1. The summed E-state index contributed by atoms with van der Waals surface area (Å²) in [4.78, 5) is 16.1. The number of hydrogen-bond donors (Lipinski definition) is 2. The van der Waals surface area contributed by atoms with Crippen LogP contribution in [0.5, 0.6) is 5.75 Å². The molecule has 3 N–H and O–H groups in total. The van der Waals surface area contributed by atoms with Gasteiger partial charge in [-0.05, 0) is 24.6 Å². The first kappa shape index (κ1) is 21.2. The molecule has 23 heavy (non-hydrogen) atoms. The summed E-state index contributed by atoms with van der Waals surface area (Å²) < 4.78 is 5.71. The fraction of sp³-hybridized carbons (Fsp3) is 0.250. The molecule has 0 atom stereocenters. The van der Waals surface area contributed by atoms with E-state index in [-0.39, 0.29) is 36.4 Å². The van der Waals surface area contributed by atoms with Crippen LogP contribution in [-0.2, 0) is 6.61 Å². The number of nitrogens with two attached hydrogens (primary N) is 1. The second-order valence-corrected chi connectivity index (χ2v) is 4.67. The number of halogens is 2. The molecule has 1 heterocycles. The number of ether oxygens (including phenoxy) is 1. The summed E-state index contributed by atoms with van der Waals surface area (Å²) in [6.07, 6.45) is 1.57. The molecule has 5 nitrogen and oxygen atoms in total. The first-order valence-corrected chi connectivity index (χ1v) is 6.82. The molecule has 2 aromatic rings. The lowest BCUT2D eigenvalue weighted by Gasteiger charge is -2.10. The highest BCUT2D eigenvalue weighted by molar-refractivity contribution is 5.94. The Morgan fingerprint density at radius 3 is 2.57 bits per heavy atom. The van der Waals surface area contributed by atoms with Crippen LogP contribution in [0.15, 0.2) is 42.6 Å². The van der Waals surface area contributed by atoms with Crippen LogP contribution in [0.25, 0.3) is 0 Å². The van der Waals surface area contributed by atoms with Crippen molar-refractivity contribution >= 4 is 30.7 Å². The van der Waals surface area contributed by atoms with Crippen molar-refractivity contribution in [2.45, 2.75) is 13.5 Å². The molecule has 7 heteroatoms. The molecule has 0 fully saturated rings. The van der Waals surface area contributed by atoms with Gasteiger partial charge in [-0.3, -0.25) is 4.79 Å². The average molecular weight is 358 g/mol. The molecular formula is C16H21Cl2N3O2. The quantitative estimate of drug-likeness (QED) is 0.832. The van der Waals surface area contributed by atoms with E-state index < -0.39 is 0 Å². The van der Waals surface area contributed by atoms with Gasteiger partial charge in [0.2, 0.25) is 0 Å². The first-order chi connectivity index (χ1) is 10.2. The number of carbonyl (C=O) groups excluding carboxylic acids is 1. The number of amides is 1. The van der Waals surface area contributed by atoms with Crippen LogP contribution in [0.1, 0.15) is 21.6 Å². The number of nitrogens with zero attached hydrogens (tertiary/aromatic N) is 1. The lowest BCUT2D eigenvalue weighted by atomic mass is 10.2. The van der Waals surface area contributed by atoms with Crippen molar-refractivity contribution in [3.63, 3.8) is 0 Å². The van der Waals surface area contributed by atoms with Gasteiger partial charge in [0.1, 0.15) is 6.61 Å². The molecule has 0 spiro atoms. The molecule has 0 aliphatic rings. The molecule has 1 aromatic carbocycles. The molecule has 0 unspecified atom stereocenters. The lowest BCUT2D eigenvalue weighted by Crippen LogP contribution is -2.30. The maximum Gasteiger partial charge on any atom is 0.273 e. The highest BCUT2D eigenvalue weighted by Gasteiger charge is 2.13. The Hall–Kier alpha value is -1.82. The number of benzene rings is 1. The number of nitrogens with one attached hydrogen (secondary N) is 1. The fourth-order valence-electron chi connectivity index (χ4n) is 1.79. The summed E-state index contributed by atoms with van der Waals surface area (Å²) in [6.45, 7) is 3.22. The van der Waals surface area contributed by atoms with E-state index in [0.29, 0.717) is 25.4 Å². The summed E-state index contributed by atoms with van der Waals surface area (Å²) in [5.41, 5.74) is 7.89. The van der Waals surface area contributed by atoms with Crippen molar-refractivity contribution in [1.82, 2.24) is 10.3 Å². The summed E-state index contributed by atoms with van der Waals surface area (Å²) in [7, 11) is 0. The minimum atomic E-state index is -0.278. The second-order valence-electron chi connectivity index (χ2n) is 4.67. The number of carbonyl (C=O) groups is 1. The van der Waals surface area contributed by atoms with Crippen LogP contribution in [0.3, 0.4) is 0 Å². The molecule has 0 aliphatic carbocycles. The van der Waals surface area contributed by atoms with E-state index in [0.717, 1.165) is 5.56 Å². The van der Waals surface area contributed by atoms with E-state index >= 15 is 0 Å². The zero-order valence-corrected chi connectivity index (χ0v) is 14.5. The van der Waals surface area contributed by atoms with Crippen molar-refractivity contribution in [2.24, 2.45) is 5.73 Å². The largest absolute Gasteiger partial charge is 0.486 e. The van der Waals surface area contributed by atoms with Gasteiger partial charge < -0.3 is 15.8 Å². The van der Waals surface area contributed by atoms with Gasteiger partial charge in [-0.15, -0.1) is 24.8 Å². The van der Waals surface area contributed by atoms with Crippen LogP contribution in [0.4, 0.5) is 0 Å². The Morgan fingerprint density at radius 1 is 1.22 bits per heavy atom. The number of pyridine rings is 1. The molecule has 126 valence electrons. The van der Waals surface area contributed by atoms with E-state index in [9.17, 15) is 4.79 Å². The minimum Gasteiger partial charge on any atom is -0.486 e. The molecule has 1 aromatic heterocycles. The smallest absolute Gasteiger partial charge is 0.273 e. The van der Waals surface area contributed by atoms with E-state index in [1.807, 2.05) is 31.2 Å². The molecule has 0 saturated heterocycles. The van der Waals surface area contributed by atoms with Gasteiger partial charge in [-0.25, -0.2) is 4.98 Å². The van der Waals surface area contributed by atoms with Gasteiger partial charge in [-0.1, -0.05) is 29.8 Å². The second kappa shape index (κ2) is 10.8.